The minimum atomic E-state index is 0.555. The predicted octanol–water partition coefficient (Wildman–Crippen LogP) is 1.76. The second-order valence-electron chi connectivity index (χ2n) is 1.84. The molecule has 0 saturated carbocycles. The van der Waals surface area contributed by atoms with Gasteiger partial charge in [0.2, 0.25) is 0 Å². The van der Waals surface area contributed by atoms with Crippen LogP contribution in [-0.4, -0.2) is 0 Å². The second kappa shape index (κ2) is 3.67. The van der Waals surface area contributed by atoms with Crippen LogP contribution in [0.25, 0.3) is 0 Å². The Balaban J connectivity index is 2.86. The van der Waals surface area contributed by atoms with E-state index in [1.807, 2.05) is 12.5 Å². The molecule has 1 heteroatoms. The Morgan fingerprint density at radius 1 is 1.71 bits per heavy atom. The molecule has 1 radical (unpaired) electrons. The quantitative estimate of drug-likeness (QED) is 0.514. The van der Waals surface area contributed by atoms with E-state index in [0.29, 0.717) is 12.3 Å². The van der Waals surface area contributed by atoms with Crippen LogP contribution in [0, 0.1) is 23.7 Å². The van der Waals surface area contributed by atoms with E-state index in [2.05, 4.69) is 13.8 Å². The van der Waals surface area contributed by atoms with Gasteiger partial charge in [-0.1, -0.05) is 13.8 Å². The fourth-order valence-corrected chi connectivity index (χ4v) is 0.288. The molecule has 0 aliphatic heterocycles. The van der Waals surface area contributed by atoms with E-state index in [-0.39, 0.29) is 0 Å². The zero-order valence-corrected chi connectivity index (χ0v) is 4.81. The molecule has 0 aliphatic carbocycles. The predicted molar refractivity (Wildman–Crippen MR) is 29.4 cm³/mol. The molecule has 0 aromatic rings. The third-order valence-electron chi connectivity index (χ3n) is 0.681. The van der Waals surface area contributed by atoms with Crippen molar-refractivity contribution in [2.24, 2.45) is 5.92 Å². The zero-order chi connectivity index (χ0) is 5.70. The molecule has 0 atom stereocenters. The van der Waals surface area contributed by atoms with E-state index >= 15 is 0 Å². The Hall–Kier alpha value is -0.510. The largest absolute Gasteiger partial charge is 0.198 e. The molecule has 0 aliphatic rings. The number of hydrogen-bond acceptors (Lipinski definition) is 1. The van der Waals surface area contributed by atoms with Crippen LogP contribution in [0.5, 0.6) is 0 Å². The lowest BCUT2D eigenvalue weighted by molar-refractivity contribution is 0.741. The van der Waals surface area contributed by atoms with Gasteiger partial charge < -0.3 is 0 Å². The number of hydrogen-bond donors (Lipinski definition) is 0. The van der Waals surface area contributed by atoms with Crippen LogP contribution in [0.2, 0.25) is 0 Å². The van der Waals surface area contributed by atoms with Gasteiger partial charge in [0.15, 0.2) is 0 Å². The maximum absolute atomic E-state index is 8.03. The van der Waals surface area contributed by atoms with Crippen LogP contribution in [-0.2, 0) is 0 Å². The molecular weight excluding hydrogens is 86.1 g/mol. The molecular formula is C6H10N. The molecule has 0 N–H and O–H groups in total. The van der Waals surface area contributed by atoms with E-state index in [1.165, 1.54) is 0 Å². The summed E-state index contributed by atoms with van der Waals surface area (Å²) in [7, 11) is 0. The van der Waals surface area contributed by atoms with Crippen LogP contribution in [0.3, 0.4) is 0 Å². The van der Waals surface area contributed by atoms with Gasteiger partial charge in [0.1, 0.15) is 0 Å². The van der Waals surface area contributed by atoms with E-state index in [9.17, 15) is 0 Å². The first-order valence-corrected chi connectivity index (χ1v) is 2.47. The monoisotopic (exact) mass is 96.1 g/mol. The lowest BCUT2D eigenvalue weighted by Gasteiger charge is -1.94. The Bertz CT molecular complexity index is 68.7. The van der Waals surface area contributed by atoms with E-state index in [1.54, 1.807) is 0 Å². The Morgan fingerprint density at radius 2 is 2.29 bits per heavy atom. The van der Waals surface area contributed by atoms with Crippen molar-refractivity contribution in [1.29, 1.82) is 5.26 Å². The molecule has 0 spiro atoms. The van der Waals surface area contributed by atoms with Crippen molar-refractivity contribution in [1.82, 2.24) is 0 Å². The van der Waals surface area contributed by atoms with E-state index in [0.717, 1.165) is 0 Å². The average Bonchev–Trinajstić information content (AvgIpc) is 1.61. The molecule has 0 saturated heterocycles. The van der Waals surface area contributed by atoms with Crippen LogP contribution in [0.1, 0.15) is 20.3 Å². The van der Waals surface area contributed by atoms with Gasteiger partial charge >= 0.3 is 0 Å². The van der Waals surface area contributed by atoms with Gasteiger partial charge in [0, 0.05) is 6.42 Å². The normalized spacial score (nSPS) is 8.86. The fraction of sp³-hybridized carbons (Fsp3) is 0.667. The van der Waals surface area contributed by atoms with Crippen LogP contribution >= 0.6 is 0 Å². The van der Waals surface area contributed by atoms with Crippen molar-refractivity contribution in [3.63, 3.8) is 0 Å². The molecule has 0 bridgehead atoms. The third kappa shape index (κ3) is 5.49. The molecule has 39 valence electrons. The van der Waals surface area contributed by atoms with Crippen molar-refractivity contribution in [3.8, 4) is 6.07 Å². The molecule has 0 fully saturated rings. The Labute approximate surface area is 45.0 Å². The molecule has 0 unspecified atom stereocenters. The van der Waals surface area contributed by atoms with Crippen LogP contribution in [0.15, 0.2) is 0 Å². The summed E-state index contributed by atoms with van der Waals surface area (Å²) in [5, 5.41) is 8.03. The summed E-state index contributed by atoms with van der Waals surface area (Å²) in [4.78, 5) is 0. The second-order valence-corrected chi connectivity index (χ2v) is 1.84. The maximum atomic E-state index is 8.03. The van der Waals surface area contributed by atoms with Crippen LogP contribution < -0.4 is 0 Å². The number of nitriles is 1. The Morgan fingerprint density at radius 3 is 2.43 bits per heavy atom. The summed E-state index contributed by atoms with van der Waals surface area (Å²) in [5.41, 5.74) is 0. The average molecular weight is 96.2 g/mol. The minimum absolute atomic E-state index is 0.555. The van der Waals surface area contributed by atoms with Gasteiger partial charge in [0.05, 0.1) is 6.07 Å². The maximum Gasteiger partial charge on any atom is 0.0624 e. The first-order chi connectivity index (χ1) is 3.27. The van der Waals surface area contributed by atoms with Gasteiger partial charge in [-0.25, -0.2) is 0 Å². The van der Waals surface area contributed by atoms with Crippen LogP contribution in [0.4, 0.5) is 0 Å². The standard InChI is InChI=1S/C6H10N/c1-6(2)4-3-5-7/h4,6H,3H2,1-2H3. The minimum Gasteiger partial charge on any atom is -0.198 e. The molecule has 0 aromatic heterocycles. The molecule has 7 heavy (non-hydrogen) atoms. The summed E-state index contributed by atoms with van der Waals surface area (Å²) < 4.78 is 0. The first kappa shape index (κ1) is 6.49. The summed E-state index contributed by atoms with van der Waals surface area (Å²) in [6, 6.07) is 2.04. The number of nitrogens with zero attached hydrogens (tertiary/aromatic N) is 1. The lowest BCUT2D eigenvalue weighted by Crippen LogP contribution is -1.84. The summed E-state index contributed by atoms with van der Waals surface area (Å²) >= 11 is 0. The highest BCUT2D eigenvalue weighted by Crippen LogP contribution is 1.98. The van der Waals surface area contributed by atoms with Crippen molar-refractivity contribution < 1.29 is 0 Å². The van der Waals surface area contributed by atoms with Crippen molar-refractivity contribution in [2.45, 2.75) is 20.3 Å². The van der Waals surface area contributed by atoms with E-state index in [4.69, 9.17) is 5.26 Å². The first-order valence-electron chi connectivity index (χ1n) is 2.47. The van der Waals surface area contributed by atoms with Gasteiger partial charge in [0.25, 0.3) is 0 Å². The van der Waals surface area contributed by atoms with Gasteiger partial charge in [-0.05, 0) is 12.3 Å². The molecule has 0 rings (SSSR count). The molecule has 0 heterocycles. The molecule has 1 nitrogen and oxygen atoms in total. The smallest absolute Gasteiger partial charge is 0.0624 e. The highest BCUT2D eigenvalue weighted by Gasteiger charge is 1.89. The van der Waals surface area contributed by atoms with Crippen molar-refractivity contribution >= 4 is 0 Å². The lowest BCUT2D eigenvalue weighted by atomic mass is 10.1. The molecule has 0 aromatic carbocycles. The van der Waals surface area contributed by atoms with Crippen molar-refractivity contribution in [3.05, 3.63) is 6.42 Å². The Kier molecular flexibility index (Phi) is 3.40. The highest BCUT2D eigenvalue weighted by atomic mass is 14.2. The zero-order valence-electron chi connectivity index (χ0n) is 4.81. The summed E-state index contributed by atoms with van der Waals surface area (Å²) in [5.74, 6) is 0.555. The van der Waals surface area contributed by atoms with Crippen molar-refractivity contribution in [2.75, 3.05) is 0 Å². The van der Waals surface area contributed by atoms with Gasteiger partial charge in [-0.2, -0.15) is 5.26 Å². The summed E-state index contributed by atoms with van der Waals surface area (Å²) in [6.45, 7) is 4.13. The third-order valence-corrected chi connectivity index (χ3v) is 0.681. The fourth-order valence-electron chi connectivity index (χ4n) is 0.288. The SMILES string of the molecule is CC(C)[CH]CC#N. The number of rotatable bonds is 2. The molecule has 0 amide bonds. The highest BCUT2D eigenvalue weighted by molar-refractivity contribution is 4.82. The topological polar surface area (TPSA) is 23.8 Å². The van der Waals surface area contributed by atoms with E-state index < -0.39 is 0 Å². The van der Waals surface area contributed by atoms with Gasteiger partial charge in [-0.15, -0.1) is 0 Å². The van der Waals surface area contributed by atoms with Gasteiger partial charge in [-0.3, -0.25) is 0 Å². The summed E-state index contributed by atoms with van der Waals surface area (Å²) in [6.07, 6.45) is 2.57.